The molecule has 1 saturated carbocycles. The maximum atomic E-state index is 10.6. The van der Waals surface area contributed by atoms with Gasteiger partial charge in [-0.1, -0.05) is 24.4 Å². The summed E-state index contributed by atoms with van der Waals surface area (Å²) >= 11 is 5.99. The largest absolute Gasteiger partial charge is 0.381 e. The minimum atomic E-state index is -0.407. The van der Waals surface area contributed by atoms with E-state index in [1.165, 1.54) is 25.0 Å². The molecule has 1 aromatic rings. The van der Waals surface area contributed by atoms with E-state index in [-0.39, 0.29) is 5.69 Å². The Bertz CT molecular complexity index is 403. The molecule has 0 heterocycles. The topological polar surface area (TPSA) is 55.2 Å². The molecule has 1 aliphatic rings. The van der Waals surface area contributed by atoms with E-state index in [9.17, 15) is 10.1 Å². The predicted molar refractivity (Wildman–Crippen MR) is 64.0 cm³/mol. The summed E-state index contributed by atoms with van der Waals surface area (Å²) in [6, 6.07) is 4.89. The summed E-state index contributed by atoms with van der Waals surface area (Å²) in [7, 11) is 0. The minimum Gasteiger partial charge on any atom is -0.381 e. The molecule has 0 aliphatic heterocycles. The molecule has 86 valence electrons. The Balaban J connectivity index is 2.17. The number of nitro groups is 1. The smallest absolute Gasteiger partial charge is 0.271 e. The van der Waals surface area contributed by atoms with Crippen molar-refractivity contribution in [2.24, 2.45) is 0 Å². The molecule has 5 heteroatoms. The molecule has 0 unspecified atom stereocenters. The average molecular weight is 241 g/mol. The van der Waals surface area contributed by atoms with Crippen LogP contribution >= 0.6 is 11.6 Å². The molecular formula is C11H13ClN2O2. The van der Waals surface area contributed by atoms with Gasteiger partial charge in [0.2, 0.25) is 0 Å². The summed E-state index contributed by atoms with van der Waals surface area (Å²) in [5.74, 6) is 0. The maximum Gasteiger partial charge on any atom is 0.271 e. The summed E-state index contributed by atoms with van der Waals surface area (Å²) in [5, 5.41) is 14.4. The normalized spacial score (nSPS) is 16.3. The van der Waals surface area contributed by atoms with Gasteiger partial charge in [-0.05, 0) is 18.9 Å². The van der Waals surface area contributed by atoms with E-state index in [1.807, 2.05) is 0 Å². The first kappa shape index (κ1) is 11.2. The molecule has 2 rings (SSSR count). The number of anilines is 1. The number of halogens is 1. The van der Waals surface area contributed by atoms with Crippen molar-refractivity contribution in [2.45, 2.75) is 31.7 Å². The van der Waals surface area contributed by atoms with Gasteiger partial charge in [0.05, 0.1) is 15.6 Å². The van der Waals surface area contributed by atoms with Crippen LogP contribution in [-0.2, 0) is 0 Å². The lowest BCUT2D eigenvalue weighted by molar-refractivity contribution is -0.384. The fraction of sp³-hybridized carbons (Fsp3) is 0.455. The molecule has 0 spiro atoms. The lowest BCUT2D eigenvalue weighted by Gasteiger charge is -2.14. The second-order valence-corrected chi connectivity index (χ2v) is 4.45. The zero-order chi connectivity index (χ0) is 11.5. The van der Waals surface area contributed by atoms with Crippen LogP contribution < -0.4 is 5.32 Å². The molecule has 1 fully saturated rings. The Morgan fingerprint density at radius 3 is 2.69 bits per heavy atom. The highest BCUT2D eigenvalue weighted by molar-refractivity contribution is 6.33. The van der Waals surface area contributed by atoms with E-state index >= 15 is 0 Å². The van der Waals surface area contributed by atoms with Crippen LogP contribution in [0.25, 0.3) is 0 Å². The number of hydrogen-bond donors (Lipinski definition) is 1. The standard InChI is InChI=1S/C11H13ClN2O2/c12-10-6-5-9(14(15)16)7-11(10)13-8-3-1-2-4-8/h5-8,13H,1-4H2. The van der Waals surface area contributed by atoms with Crippen molar-refractivity contribution in [3.05, 3.63) is 33.3 Å². The van der Waals surface area contributed by atoms with Crippen LogP contribution in [0.15, 0.2) is 18.2 Å². The number of nitro benzene ring substituents is 1. The Hall–Kier alpha value is -1.29. The Morgan fingerprint density at radius 1 is 1.38 bits per heavy atom. The molecule has 1 N–H and O–H groups in total. The van der Waals surface area contributed by atoms with E-state index in [0.717, 1.165) is 12.8 Å². The summed E-state index contributed by atoms with van der Waals surface area (Å²) in [5.41, 5.74) is 0.743. The van der Waals surface area contributed by atoms with Crippen LogP contribution in [0.1, 0.15) is 25.7 Å². The van der Waals surface area contributed by atoms with Gasteiger partial charge in [-0.15, -0.1) is 0 Å². The predicted octanol–water partition coefficient (Wildman–Crippen LogP) is 3.60. The highest BCUT2D eigenvalue weighted by Crippen LogP contribution is 2.30. The first-order valence-corrected chi connectivity index (χ1v) is 5.75. The third-order valence-electron chi connectivity index (χ3n) is 2.88. The van der Waals surface area contributed by atoms with Crippen molar-refractivity contribution in [1.29, 1.82) is 0 Å². The second-order valence-electron chi connectivity index (χ2n) is 4.05. The summed E-state index contributed by atoms with van der Waals surface area (Å²) < 4.78 is 0. The lowest BCUT2D eigenvalue weighted by Crippen LogP contribution is -2.14. The second kappa shape index (κ2) is 4.70. The van der Waals surface area contributed by atoms with Crippen molar-refractivity contribution < 1.29 is 4.92 Å². The Morgan fingerprint density at radius 2 is 2.06 bits per heavy atom. The van der Waals surface area contributed by atoms with Gasteiger partial charge in [0.1, 0.15) is 0 Å². The van der Waals surface area contributed by atoms with Crippen molar-refractivity contribution in [2.75, 3.05) is 5.32 Å². The van der Waals surface area contributed by atoms with E-state index in [0.29, 0.717) is 16.8 Å². The third-order valence-corrected chi connectivity index (χ3v) is 3.21. The molecule has 0 bridgehead atoms. The highest BCUT2D eigenvalue weighted by Gasteiger charge is 2.17. The van der Waals surface area contributed by atoms with Crippen LogP contribution in [0.2, 0.25) is 5.02 Å². The molecule has 1 aromatic carbocycles. The van der Waals surface area contributed by atoms with Gasteiger partial charge in [-0.3, -0.25) is 10.1 Å². The summed E-state index contributed by atoms with van der Waals surface area (Å²) in [6.07, 6.45) is 4.65. The summed E-state index contributed by atoms with van der Waals surface area (Å²) in [6.45, 7) is 0. The number of nitrogens with one attached hydrogen (secondary N) is 1. The van der Waals surface area contributed by atoms with Gasteiger partial charge < -0.3 is 5.32 Å². The molecule has 0 saturated heterocycles. The average Bonchev–Trinajstić information content (AvgIpc) is 2.73. The minimum absolute atomic E-state index is 0.0740. The van der Waals surface area contributed by atoms with Crippen molar-refractivity contribution in [3.63, 3.8) is 0 Å². The Labute approximate surface area is 98.8 Å². The number of rotatable bonds is 3. The van der Waals surface area contributed by atoms with Gasteiger partial charge in [0.25, 0.3) is 5.69 Å². The molecule has 1 aliphatic carbocycles. The molecule has 4 nitrogen and oxygen atoms in total. The van der Waals surface area contributed by atoms with Gasteiger partial charge >= 0.3 is 0 Å². The third kappa shape index (κ3) is 2.44. The van der Waals surface area contributed by atoms with Crippen LogP contribution in [0, 0.1) is 10.1 Å². The van der Waals surface area contributed by atoms with Gasteiger partial charge in [0.15, 0.2) is 0 Å². The quantitative estimate of drug-likeness (QED) is 0.649. The number of hydrogen-bond acceptors (Lipinski definition) is 3. The first-order valence-electron chi connectivity index (χ1n) is 5.37. The van der Waals surface area contributed by atoms with Crippen LogP contribution in [0.5, 0.6) is 0 Å². The fourth-order valence-electron chi connectivity index (χ4n) is 2.03. The molecule has 0 radical (unpaired) electrons. The molecular weight excluding hydrogens is 228 g/mol. The van der Waals surface area contributed by atoms with Crippen LogP contribution in [-0.4, -0.2) is 11.0 Å². The van der Waals surface area contributed by atoms with Gasteiger partial charge in [0, 0.05) is 18.2 Å². The SMILES string of the molecule is O=[N+]([O-])c1ccc(Cl)c(NC2CCCC2)c1. The Kier molecular flexibility index (Phi) is 3.29. The van der Waals surface area contributed by atoms with E-state index in [1.54, 1.807) is 6.07 Å². The fourth-order valence-corrected chi connectivity index (χ4v) is 2.20. The maximum absolute atomic E-state index is 10.6. The molecule has 16 heavy (non-hydrogen) atoms. The number of nitrogens with zero attached hydrogens (tertiary/aromatic N) is 1. The van der Waals surface area contributed by atoms with Crippen molar-refractivity contribution in [1.82, 2.24) is 0 Å². The van der Waals surface area contributed by atoms with Crippen LogP contribution in [0.4, 0.5) is 11.4 Å². The zero-order valence-corrected chi connectivity index (χ0v) is 9.54. The lowest BCUT2D eigenvalue weighted by atomic mass is 10.2. The van der Waals surface area contributed by atoms with E-state index in [2.05, 4.69) is 5.32 Å². The van der Waals surface area contributed by atoms with E-state index < -0.39 is 4.92 Å². The summed E-state index contributed by atoms with van der Waals surface area (Å²) in [4.78, 5) is 10.2. The molecule has 0 aromatic heterocycles. The van der Waals surface area contributed by atoms with Gasteiger partial charge in [-0.2, -0.15) is 0 Å². The highest BCUT2D eigenvalue weighted by atomic mass is 35.5. The van der Waals surface area contributed by atoms with Crippen LogP contribution in [0.3, 0.4) is 0 Å². The zero-order valence-electron chi connectivity index (χ0n) is 8.78. The van der Waals surface area contributed by atoms with Crippen molar-refractivity contribution in [3.8, 4) is 0 Å². The molecule has 0 amide bonds. The monoisotopic (exact) mass is 240 g/mol. The van der Waals surface area contributed by atoms with Crippen molar-refractivity contribution >= 4 is 23.0 Å². The first-order chi connectivity index (χ1) is 7.66. The van der Waals surface area contributed by atoms with E-state index in [4.69, 9.17) is 11.6 Å². The number of non-ortho nitro benzene ring substituents is 1. The number of benzene rings is 1. The molecule has 0 atom stereocenters. The van der Waals surface area contributed by atoms with Gasteiger partial charge in [-0.25, -0.2) is 0 Å².